The summed E-state index contributed by atoms with van der Waals surface area (Å²) in [5, 5.41) is 68.1. The molecule has 0 fully saturated rings. The highest BCUT2D eigenvalue weighted by molar-refractivity contribution is 5.75. The van der Waals surface area contributed by atoms with Gasteiger partial charge in [-0.2, -0.15) is 0 Å². The quantitative estimate of drug-likeness (QED) is 0.175. The van der Waals surface area contributed by atoms with Crippen LogP contribution in [0.3, 0.4) is 0 Å². The van der Waals surface area contributed by atoms with Crippen LogP contribution in [0.5, 0.6) is 46.0 Å². The van der Waals surface area contributed by atoms with Crippen molar-refractivity contribution in [1.29, 1.82) is 0 Å². The van der Waals surface area contributed by atoms with Crippen molar-refractivity contribution in [3.8, 4) is 46.0 Å². The van der Waals surface area contributed by atoms with E-state index in [-0.39, 0.29) is 81.3 Å². The molecule has 0 unspecified atom stereocenters. The van der Waals surface area contributed by atoms with E-state index in [1.54, 1.807) is 12.1 Å². The number of ether oxygens (including phenoxy) is 2. The Kier molecular flexibility index (Phi) is 9.43. The monoisotopic (exact) mass is 469 g/mol. The zero-order chi connectivity index (χ0) is 24.0. The number of aliphatic hydroxyl groups excluding tert-OH is 3. The van der Waals surface area contributed by atoms with Crippen LogP contribution in [-0.2, 0) is 19.3 Å². The SMILES string of the molecule is OCCc1ccc(O)c(Oc2cc(O)c(Oc3cc(O)c(O)cc3CCO)cc2CCO)c1.[B]. The fourth-order valence-corrected chi connectivity index (χ4v) is 3.26. The Bertz CT molecular complexity index is 1120. The van der Waals surface area contributed by atoms with Gasteiger partial charge in [-0.05, 0) is 49.1 Å². The van der Waals surface area contributed by atoms with Crippen molar-refractivity contribution in [2.45, 2.75) is 19.3 Å². The maximum atomic E-state index is 10.6. The van der Waals surface area contributed by atoms with Gasteiger partial charge in [0.05, 0.1) is 0 Å². The van der Waals surface area contributed by atoms with Crippen molar-refractivity contribution in [2.24, 2.45) is 0 Å². The number of rotatable bonds is 10. The zero-order valence-corrected chi connectivity index (χ0v) is 18.3. The van der Waals surface area contributed by atoms with Crippen molar-refractivity contribution >= 4 is 8.41 Å². The lowest BCUT2D eigenvalue weighted by Crippen LogP contribution is -2.00. The van der Waals surface area contributed by atoms with Gasteiger partial charge in [-0.25, -0.2) is 0 Å². The highest BCUT2D eigenvalue weighted by Gasteiger charge is 2.17. The van der Waals surface area contributed by atoms with E-state index in [1.165, 1.54) is 30.3 Å². The van der Waals surface area contributed by atoms with Crippen LogP contribution in [0.2, 0.25) is 0 Å². The van der Waals surface area contributed by atoms with Gasteiger partial charge in [0.1, 0.15) is 11.5 Å². The molecule has 0 spiro atoms. The molecule has 3 rings (SSSR count). The molecule has 3 radical (unpaired) electrons. The number of phenols is 4. The molecule has 0 atom stereocenters. The van der Waals surface area contributed by atoms with Crippen LogP contribution in [0, 0.1) is 0 Å². The highest BCUT2D eigenvalue weighted by atomic mass is 16.5. The maximum absolute atomic E-state index is 10.6. The van der Waals surface area contributed by atoms with E-state index in [9.17, 15) is 30.6 Å². The summed E-state index contributed by atoms with van der Waals surface area (Å²) in [7, 11) is 0. The molecule has 9 nitrogen and oxygen atoms in total. The first kappa shape index (κ1) is 26.7. The molecule has 10 heteroatoms. The summed E-state index contributed by atoms with van der Waals surface area (Å²) < 4.78 is 11.5. The summed E-state index contributed by atoms with van der Waals surface area (Å²) in [5.41, 5.74) is 1.60. The second-order valence-corrected chi connectivity index (χ2v) is 7.30. The van der Waals surface area contributed by atoms with Gasteiger partial charge >= 0.3 is 0 Å². The average molecular weight is 469 g/mol. The Morgan fingerprint density at radius 3 is 1.59 bits per heavy atom. The first-order chi connectivity index (χ1) is 15.9. The number of aliphatic hydroxyl groups is 3. The van der Waals surface area contributed by atoms with E-state index in [2.05, 4.69) is 0 Å². The molecule has 7 N–H and O–H groups in total. The molecule has 3 aromatic carbocycles. The third-order valence-electron chi connectivity index (χ3n) is 4.93. The Hall–Kier alpha value is -3.60. The lowest BCUT2D eigenvalue weighted by atomic mass is 10.1. The molecule has 0 aliphatic carbocycles. The van der Waals surface area contributed by atoms with Gasteiger partial charge < -0.3 is 45.2 Å². The number of hydrogen-bond donors (Lipinski definition) is 7. The molecule has 0 saturated heterocycles. The molecule has 0 heterocycles. The van der Waals surface area contributed by atoms with Gasteiger partial charge in [0, 0.05) is 51.5 Å². The first-order valence-electron chi connectivity index (χ1n) is 10.3. The van der Waals surface area contributed by atoms with Gasteiger partial charge in [0.15, 0.2) is 34.5 Å². The molecule has 0 aromatic heterocycles. The van der Waals surface area contributed by atoms with Crippen LogP contribution in [0.1, 0.15) is 16.7 Å². The van der Waals surface area contributed by atoms with Crippen molar-refractivity contribution < 1.29 is 45.2 Å². The molecule has 3 aromatic rings. The molecule has 0 bridgehead atoms. The second-order valence-electron chi connectivity index (χ2n) is 7.30. The predicted molar refractivity (Wildman–Crippen MR) is 124 cm³/mol. The summed E-state index contributed by atoms with van der Waals surface area (Å²) in [6.45, 7) is -0.529. The fourth-order valence-electron chi connectivity index (χ4n) is 3.26. The van der Waals surface area contributed by atoms with Crippen molar-refractivity contribution in [2.75, 3.05) is 19.8 Å². The summed E-state index contributed by atoms with van der Waals surface area (Å²) in [5.74, 6) is -0.861. The molecular formula is C24H26BO9. The van der Waals surface area contributed by atoms with E-state index in [0.717, 1.165) is 5.56 Å². The van der Waals surface area contributed by atoms with Crippen LogP contribution in [0.15, 0.2) is 42.5 Å². The van der Waals surface area contributed by atoms with Crippen LogP contribution >= 0.6 is 0 Å². The largest absolute Gasteiger partial charge is 0.504 e. The average Bonchev–Trinajstić information content (AvgIpc) is 2.77. The number of phenolic OH excluding ortho intramolecular Hbond substituents is 4. The summed E-state index contributed by atoms with van der Waals surface area (Å²) in [4.78, 5) is 0. The normalized spacial score (nSPS) is 10.6. The molecule has 34 heavy (non-hydrogen) atoms. The van der Waals surface area contributed by atoms with Crippen LogP contribution in [-0.4, -0.2) is 64.0 Å². The summed E-state index contributed by atoms with van der Waals surface area (Å²) in [6.07, 6.45) is 0.652. The third kappa shape index (κ3) is 6.25. The van der Waals surface area contributed by atoms with Crippen molar-refractivity contribution in [1.82, 2.24) is 0 Å². The third-order valence-corrected chi connectivity index (χ3v) is 4.93. The van der Waals surface area contributed by atoms with Gasteiger partial charge in [-0.1, -0.05) is 6.07 Å². The Morgan fingerprint density at radius 1 is 0.500 bits per heavy atom. The molecule has 179 valence electrons. The van der Waals surface area contributed by atoms with Crippen molar-refractivity contribution in [3.63, 3.8) is 0 Å². The first-order valence-corrected chi connectivity index (χ1v) is 10.3. The Morgan fingerprint density at radius 2 is 1.00 bits per heavy atom. The second kappa shape index (κ2) is 12.0. The van der Waals surface area contributed by atoms with Gasteiger partial charge in [-0.3, -0.25) is 0 Å². The molecule has 0 amide bonds. The number of hydrogen-bond acceptors (Lipinski definition) is 9. The van der Waals surface area contributed by atoms with Crippen LogP contribution in [0.25, 0.3) is 0 Å². The minimum atomic E-state index is -0.431. The Balaban J connectivity index is 0.00000408. The fraction of sp³-hybridized carbons (Fsp3) is 0.250. The van der Waals surface area contributed by atoms with E-state index in [4.69, 9.17) is 14.6 Å². The predicted octanol–water partition coefficient (Wildman–Crippen LogP) is 2.32. The van der Waals surface area contributed by atoms with Gasteiger partial charge in [0.2, 0.25) is 0 Å². The summed E-state index contributed by atoms with van der Waals surface area (Å²) >= 11 is 0. The topological polar surface area (TPSA) is 160 Å². The van der Waals surface area contributed by atoms with E-state index >= 15 is 0 Å². The van der Waals surface area contributed by atoms with Gasteiger partial charge in [-0.15, -0.1) is 0 Å². The van der Waals surface area contributed by atoms with E-state index < -0.39 is 5.75 Å². The van der Waals surface area contributed by atoms with Crippen LogP contribution in [0.4, 0.5) is 0 Å². The maximum Gasteiger partial charge on any atom is 0.169 e. The number of benzene rings is 3. The summed E-state index contributed by atoms with van der Waals surface area (Å²) in [6, 6.07) is 9.79. The molecule has 0 saturated carbocycles. The van der Waals surface area contributed by atoms with Gasteiger partial charge in [0.25, 0.3) is 0 Å². The van der Waals surface area contributed by atoms with E-state index in [1.807, 2.05) is 0 Å². The molecule has 0 aliphatic heterocycles. The molecular weight excluding hydrogens is 443 g/mol. The Labute approximate surface area is 198 Å². The highest BCUT2D eigenvalue weighted by Crippen LogP contribution is 2.42. The lowest BCUT2D eigenvalue weighted by molar-refractivity contribution is 0.295. The minimum absolute atomic E-state index is 0. The zero-order valence-electron chi connectivity index (χ0n) is 18.3. The van der Waals surface area contributed by atoms with Crippen molar-refractivity contribution in [3.05, 3.63) is 59.2 Å². The smallest absolute Gasteiger partial charge is 0.169 e. The standard InChI is InChI=1S/C24H26O9.B/c25-6-3-14-1-2-17(28)23(9-14)32-22-13-20(31)24(11-16(22)5-8-27)33-21-12-19(30)18(29)10-15(21)4-7-26;/h1-2,9-13,25-31H,3-8H2;. The number of aromatic hydroxyl groups is 4. The van der Waals surface area contributed by atoms with Crippen LogP contribution < -0.4 is 9.47 Å². The lowest BCUT2D eigenvalue weighted by Gasteiger charge is -2.17. The van der Waals surface area contributed by atoms with E-state index in [0.29, 0.717) is 17.5 Å². The minimum Gasteiger partial charge on any atom is -0.504 e. The molecule has 0 aliphatic rings.